The van der Waals surface area contributed by atoms with Crippen LogP contribution in [0.5, 0.6) is 0 Å². The van der Waals surface area contributed by atoms with Gasteiger partial charge in [0.05, 0.1) is 12.2 Å². The van der Waals surface area contributed by atoms with Crippen LogP contribution in [0.3, 0.4) is 0 Å². The monoisotopic (exact) mass is 183 g/mol. The van der Waals surface area contributed by atoms with Crippen LogP contribution in [0, 0.1) is 0 Å². The number of aromatic nitrogens is 3. The lowest BCUT2D eigenvalue weighted by molar-refractivity contribution is 0.111. The van der Waals surface area contributed by atoms with E-state index in [2.05, 4.69) is 10.3 Å². The van der Waals surface area contributed by atoms with E-state index in [1.807, 2.05) is 11.8 Å². The van der Waals surface area contributed by atoms with Crippen LogP contribution in [0.25, 0.3) is 0 Å². The molecule has 0 N–H and O–H groups in total. The maximum absolute atomic E-state index is 10.3. The summed E-state index contributed by atoms with van der Waals surface area (Å²) in [5.74, 6) is 2.27. The van der Waals surface area contributed by atoms with Gasteiger partial charge in [-0.2, -0.15) is 11.8 Å². The summed E-state index contributed by atoms with van der Waals surface area (Å²) in [4.78, 5) is 10.3. The molecule has 1 atom stereocenters. The van der Waals surface area contributed by atoms with Gasteiger partial charge in [0.15, 0.2) is 6.29 Å². The summed E-state index contributed by atoms with van der Waals surface area (Å²) in [6, 6.07) is 0.441. The van der Waals surface area contributed by atoms with Crippen molar-refractivity contribution in [2.45, 2.75) is 12.5 Å². The number of hydrogen-bond donors (Lipinski definition) is 0. The van der Waals surface area contributed by atoms with Crippen LogP contribution in [0.4, 0.5) is 0 Å². The Bertz CT molecular complexity index is 280. The van der Waals surface area contributed by atoms with E-state index in [9.17, 15) is 4.79 Å². The lowest BCUT2D eigenvalue weighted by atomic mass is 10.3. The molecule has 1 fully saturated rings. The van der Waals surface area contributed by atoms with E-state index in [1.54, 1.807) is 10.9 Å². The van der Waals surface area contributed by atoms with Gasteiger partial charge in [-0.05, 0) is 12.2 Å². The fourth-order valence-corrected chi connectivity index (χ4v) is 2.45. The van der Waals surface area contributed by atoms with Crippen molar-refractivity contribution >= 4 is 18.0 Å². The summed E-state index contributed by atoms with van der Waals surface area (Å²) in [5, 5.41) is 7.61. The first-order chi connectivity index (χ1) is 5.90. The van der Waals surface area contributed by atoms with Crippen LogP contribution < -0.4 is 0 Å². The van der Waals surface area contributed by atoms with Crippen LogP contribution in [0.1, 0.15) is 23.0 Å². The molecule has 64 valence electrons. The van der Waals surface area contributed by atoms with Crippen molar-refractivity contribution in [3.63, 3.8) is 0 Å². The zero-order chi connectivity index (χ0) is 8.39. The Morgan fingerprint density at radius 2 is 2.67 bits per heavy atom. The van der Waals surface area contributed by atoms with Crippen LogP contribution in [0.15, 0.2) is 6.20 Å². The average molecular weight is 183 g/mol. The van der Waals surface area contributed by atoms with Crippen molar-refractivity contribution in [1.82, 2.24) is 15.0 Å². The van der Waals surface area contributed by atoms with E-state index in [4.69, 9.17) is 0 Å². The SMILES string of the molecule is O=Cc1cn([C@@H]2CCSC2)nn1. The molecule has 1 aliphatic rings. The van der Waals surface area contributed by atoms with E-state index in [0.717, 1.165) is 18.5 Å². The summed E-state index contributed by atoms with van der Waals surface area (Å²) in [6.07, 6.45) is 3.57. The Balaban J connectivity index is 2.16. The summed E-state index contributed by atoms with van der Waals surface area (Å²) in [7, 11) is 0. The van der Waals surface area contributed by atoms with Gasteiger partial charge in [0, 0.05) is 5.75 Å². The summed E-state index contributed by atoms with van der Waals surface area (Å²) < 4.78 is 1.80. The number of nitrogens with zero attached hydrogens (tertiary/aromatic N) is 3. The van der Waals surface area contributed by atoms with Gasteiger partial charge in [-0.25, -0.2) is 4.68 Å². The molecule has 4 nitrogen and oxygen atoms in total. The molecule has 12 heavy (non-hydrogen) atoms. The molecule has 2 heterocycles. The molecular weight excluding hydrogens is 174 g/mol. The zero-order valence-electron chi connectivity index (χ0n) is 6.51. The first-order valence-corrected chi connectivity index (χ1v) is 5.00. The molecular formula is C7H9N3OS. The van der Waals surface area contributed by atoms with Gasteiger partial charge in [0.25, 0.3) is 0 Å². The third kappa shape index (κ3) is 1.36. The van der Waals surface area contributed by atoms with Crippen LogP contribution in [-0.2, 0) is 0 Å². The largest absolute Gasteiger partial charge is 0.296 e. The fraction of sp³-hybridized carbons (Fsp3) is 0.571. The highest BCUT2D eigenvalue weighted by atomic mass is 32.2. The Hall–Kier alpha value is -0.840. The molecule has 0 unspecified atom stereocenters. The molecule has 5 heteroatoms. The van der Waals surface area contributed by atoms with Gasteiger partial charge < -0.3 is 0 Å². The van der Waals surface area contributed by atoms with E-state index in [1.165, 1.54) is 5.75 Å². The maximum Gasteiger partial charge on any atom is 0.171 e. The second-order valence-corrected chi connectivity index (χ2v) is 3.91. The number of thioether (sulfide) groups is 1. The molecule has 2 rings (SSSR count). The Morgan fingerprint density at radius 1 is 1.75 bits per heavy atom. The second-order valence-electron chi connectivity index (χ2n) is 2.76. The number of carbonyl (C=O) groups excluding carboxylic acids is 1. The maximum atomic E-state index is 10.3. The fourth-order valence-electron chi connectivity index (χ4n) is 1.25. The van der Waals surface area contributed by atoms with Crippen LogP contribution in [0.2, 0.25) is 0 Å². The van der Waals surface area contributed by atoms with Gasteiger partial charge in [-0.3, -0.25) is 4.79 Å². The van der Waals surface area contributed by atoms with Gasteiger partial charge in [-0.15, -0.1) is 5.10 Å². The summed E-state index contributed by atoms with van der Waals surface area (Å²) in [6.45, 7) is 0. The van der Waals surface area contributed by atoms with E-state index in [0.29, 0.717) is 11.7 Å². The highest BCUT2D eigenvalue weighted by Crippen LogP contribution is 2.26. The summed E-state index contributed by atoms with van der Waals surface area (Å²) in [5.41, 5.74) is 0.423. The lowest BCUT2D eigenvalue weighted by Gasteiger charge is -2.05. The zero-order valence-corrected chi connectivity index (χ0v) is 7.33. The Labute approximate surface area is 74.3 Å². The minimum Gasteiger partial charge on any atom is -0.296 e. The highest BCUT2D eigenvalue weighted by Gasteiger charge is 2.18. The third-order valence-corrected chi connectivity index (χ3v) is 3.07. The quantitative estimate of drug-likeness (QED) is 0.635. The van der Waals surface area contributed by atoms with Crippen LogP contribution >= 0.6 is 11.8 Å². The molecule has 1 aromatic heterocycles. The normalized spacial score (nSPS) is 22.8. The highest BCUT2D eigenvalue weighted by molar-refractivity contribution is 7.99. The number of carbonyl (C=O) groups is 1. The van der Waals surface area contributed by atoms with E-state index >= 15 is 0 Å². The predicted octanol–water partition coefficient (Wildman–Crippen LogP) is 0.769. The number of hydrogen-bond acceptors (Lipinski definition) is 4. The Morgan fingerprint density at radius 3 is 3.25 bits per heavy atom. The molecule has 0 bridgehead atoms. The molecule has 1 saturated heterocycles. The molecule has 1 aromatic rings. The molecule has 0 saturated carbocycles. The third-order valence-electron chi connectivity index (χ3n) is 1.93. The van der Waals surface area contributed by atoms with Crippen molar-refractivity contribution < 1.29 is 4.79 Å². The Kier molecular flexibility index (Phi) is 2.12. The summed E-state index contributed by atoms with van der Waals surface area (Å²) >= 11 is 1.92. The molecule has 0 aromatic carbocycles. The molecule has 0 amide bonds. The molecule has 0 aliphatic carbocycles. The number of rotatable bonds is 2. The topological polar surface area (TPSA) is 47.8 Å². The van der Waals surface area contributed by atoms with Gasteiger partial charge in [0.2, 0.25) is 0 Å². The first kappa shape index (κ1) is 7.79. The minimum absolute atomic E-state index is 0.423. The number of aldehydes is 1. The molecule has 0 spiro atoms. The average Bonchev–Trinajstić information content (AvgIpc) is 2.75. The predicted molar refractivity (Wildman–Crippen MR) is 46.4 cm³/mol. The van der Waals surface area contributed by atoms with Crippen molar-refractivity contribution in [3.05, 3.63) is 11.9 Å². The van der Waals surface area contributed by atoms with Crippen molar-refractivity contribution in [2.24, 2.45) is 0 Å². The van der Waals surface area contributed by atoms with Crippen molar-refractivity contribution in [1.29, 1.82) is 0 Å². The van der Waals surface area contributed by atoms with Crippen molar-refractivity contribution in [2.75, 3.05) is 11.5 Å². The first-order valence-electron chi connectivity index (χ1n) is 3.85. The smallest absolute Gasteiger partial charge is 0.171 e. The van der Waals surface area contributed by atoms with Gasteiger partial charge in [-0.1, -0.05) is 5.21 Å². The lowest BCUT2D eigenvalue weighted by Crippen LogP contribution is -2.08. The molecule has 0 radical (unpaired) electrons. The van der Waals surface area contributed by atoms with Gasteiger partial charge >= 0.3 is 0 Å². The molecule has 1 aliphatic heterocycles. The van der Waals surface area contributed by atoms with Crippen molar-refractivity contribution in [3.8, 4) is 0 Å². The van der Waals surface area contributed by atoms with Crippen LogP contribution in [-0.4, -0.2) is 32.8 Å². The minimum atomic E-state index is 0.423. The standard InChI is InChI=1S/C7H9N3OS/c11-4-6-3-10(9-8-6)7-1-2-12-5-7/h3-4,7H,1-2,5H2/t7-/m1/s1. The van der Waals surface area contributed by atoms with Gasteiger partial charge in [0.1, 0.15) is 5.69 Å². The second kappa shape index (κ2) is 3.26. The van der Waals surface area contributed by atoms with E-state index in [-0.39, 0.29) is 0 Å². The van der Waals surface area contributed by atoms with E-state index < -0.39 is 0 Å².